The van der Waals surface area contributed by atoms with Crippen molar-refractivity contribution in [3.8, 4) is 22.9 Å². The Hall–Kier alpha value is -3.02. The van der Waals surface area contributed by atoms with E-state index in [1.807, 2.05) is 29.8 Å². The van der Waals surface area contributed by atoms with Crippen molar-refractivity contribution in [3.05, 3.63) is 54.5 Å². The van der Waals surface area contributed by atoms with Gasteiger partial charge in [0, 0.05) is 19.4 Å². The highest BCUT2D eigenvalue weighted by atomic mass is 16.5. The van der Waals surface area contributed by atoms with Crippen LogP contribution in [-0.4, -0.2) is 32.6 Å². The summed E-state index contributed by atoms with van der Waals surface area (Å²) in [6, 6.07) is 8.97. The van der Waals surface area contributed by atoms with Crippen LogP contribution >= 0.6 is 0 Å². The maximum Gasteiger partial charge on any atom is 0.337 e. The summed E-state index contributed by atoms with van der Waals surface area (Å²) in [5.41, 5.74) is 2.75. The lowest BCUT2D eigenvalue weighted by Crippen LogP contribution is -2.03. The van der Waals surface area contributed by atoms with Crippen LogP contribution in [0.5, 0.6) is 0 Å². The fourth-order valence-corrected chi connectivity index (χ4v) is 2.20. The van der Waals surface area contributed by atoms with Crippen LogP contribution in [0.4, 0.5) is 0 Å². The van der Waals surface area contributed by atoms with Crippen LogP contribution in [0.2, 0.25) is 0 Å². The highest BCUT2D eigenvalue weighted by Crippen LogP contribution is 2.23. The summed E-state index contributed by atoms with van der Waals surface area (Å²) in [6.07, 6.45) is 5.04. The van der Waals surface area contributed by atoms with E-state index in [1.165, 1.54) is 7.11 Å². The number of esters is 1. The van der Waals surface area contributed by atoms with Gasteiger partial charge in [0.15, 0.2) is 5.82 Å². The number of carbonyl (C=O) groups is 1. The van der Waals surface area contributed by atoms with Gasteiger partial charge in [-0.15, -0.1) is 0 Å². The van der Waals surface area contributed by atoms with E-state index in [-0.39, 0.29) is 0 Å². The van der Waals surface area contributed by atoms with E-state index in [9.17, 15) is 4.79 Å². The van der Waals surface area contributed by atoms with Crippen molar-refractivity contribution in [2.24, 2.45) is 7.05 Å². The van der Waals surface area contributed by atoms with Crippen LogP contribution in [0, 0.1) is 0 Å². The third-order valence-corrected chi connectivity index (χ3v) is 3.33. The van der Waals surface area contributed by atoms with Gasteiger partial charge in [-0.25, -0.2) is 9.78 Å². The van der Waals surface area contributed by atoms with Crippen molar-refractivity contribution in [2.75, 3.05) is 7.11 Å². The molecule has 0 amide bonds. The molecule has 0 unspecified atom stereocenters. The van der Waals surface area contributed by atoms with E-state index < -0.39 is 5.97 Å². The van der Waals surface area contributed by atoms with Gasteiger partial charge in [-0.1, -0.05) is 6.07 Å². The number of hydrogen-bond donors (Lipinski definition) is 0. The number of rotatable bonds is 3. The number of ether oxygens (including phenoxy) is 1. The van der Waals surface area contributed by atoms with Gasteiger partial charge in [0.2, 0.25) is 0 Å². The molecule has 6 nitrogen and oxygen atoms in total. The summed E-state index contributed by atoms with van der Waals surface area (Å²) >= 11 is 0. The maximum absolute atomic E-state index is 11.6. The van der Waals surface area contributed by atoms with E-state index in [2.05, 4.69) is 15.0 Å². The standard InChI is InChI=1S/C16H14N4O2/c1-20-14(12-5-3-4-7-17-12)10-19-15(20)13-9-11(6-8-18-13)16(21)22-2/h3-10H,1-2H3. The van der Waals surface area contributed by atoms with Crippen LogP contribution in [0.25, 0.3) is 22.9 Å². The zero-order valence-electron chi connectivity index (χ0n) is 12.2. The molecular formula is C16H14N4O2. The summed E-state index contributed by atoms with van der Waals surface area (Å²) in [4.78, 5) is 24.6. The Morgan fingerprint density at radius 1 is 1.09 bits per heavy atom. The van der Waals surface area contributed by atoms with Gasteiger partial charge in [-0.3, -0.25) is 9.97 Å². The molecule has 0 saturated heterocycles. The SMILES string of the molecule is COC(=O)c1ccnc(-c2ncc(-c3ccccn3)n2C)c1. The summed E-state index contributed by atoms with van der Waals surface area (Å²) in [7, 11) is 3.24. The summed E-state index contributed by atoms with van der Waals surface area (Å²) in [5.74, 6) is 0.259. The van der Waals surface area contributed by atoms with Crippen LogP contribution in [0.15, 0.2) is 48.9 Å². The number of aromatic nitrogens is 4. The number of hydrogen-bond acceptors (Lipinski definition) is 5. The molecule has 0 atom stereocenters. The lowest BCUT2D eigenvalue weighted by molar-refractivity contribution is 0.0600. The average Bonchev–Trinajstić information content (AvgIpc) is 2.96. The van der Waals surface area contributed by atoms with Crippen molar-refractivity contribution in [2.45, 2.75) is 0 Å². The van der Waals surface area contributed by atoms with Crippen LogP contribution in [0.3, 0.4) is 0 Å². The molecule has 3 rings (SSSR count). The van der Waals surface area contributed by atoms with Gasteiger partial charge in [-0.2, -0.15) is 0 Å². The minimum Gasteiger partial charge on any atom is -0.465 e. The second-order valence-electron chi connectivity index (χ2n) is 4.66. The Morgan fingerprint density at radius 2 is 1.91 bits per heavy atom. The second-order valence-corrected chi connectivity index (χ2v) is 4.66. The zero-order chi connectivity index (χ0) is 15.5. The minimum absolute atomic E-state index is 0.400. The van der Waals surface area contributed by atoms with Crippen molar-refractivity contribution in [1.29, 1.82) is 0 Å². The van der Waals surface area contributed by atoms with E-state index in [4.69, 9.17) is 4.74 Å². The first-order valence-electron chi connectivity index (χ1n) is 6.68. The highest BCUT2D eigenvalue weighted by molar-refractivity contribution is 5.90. The Balaban J connectivity index is 2.04. The maximum atomic E-state index is 11.6. The van der Waals surface area contributed by atoms with Gasteiger partial charge in [-0.05, 0) is 24.3 Å². The fraction of sp³-hybridized carbons (Fsp3) is 0.125. The molecule has 0 fully saturated rings. The summed E-state index contributed by atoms with van der Waals surface area (Å²) in [5, 5.41) is 0. The molecule has 0 bridgehead atoms. The molecule has 0 aliphatic carbocycles. The first-order chi connectivity index (χ1) is 10.7. The fourth-order valence-electron chi connectivity index (χ4n) is 2.20. The molecule has 0 aliphatic rings. The molecular weight excluding hydrogens is 280 g/mol. The smallest absolute Gasteiger partial charge is 0.337 e. The number of carbonyl (C=O) groups excluding carboxylic acids is 1. The summed E-state index contributed by atoms with van der Waals surface area (Å²) < 4.78 is 6.62. The quantitative estimate of drug-likeness (QED) is 0.693. The molecule has 0 spiro atoms. The van der Waals surface area contributed by atoms with Crippen molar-refractivity contribution < 1.29 is 9.53 Å². The van der Waals surface area contributed by atoms with Crippen molar-refractivity contribution in [1.82, 2.24) is 19.5 Å². The van der Waals surface area contributed by atoms with Gasteiger partial charge < -0.3 is 9.30 Å². The molecule has 0 aromatic carbocycles. The van der Waals surface area contributed by atoms with Crippen molar-refractivity contribution in [3.63, 3.8) is 0 Å². The number of pyridine rings is 2. The number of nitrogens with zero attached hydrogens (tertiary/aromatic N) is 4. The first-order valence-corrected chi connectivity index (χ1v) is 6.68. The number of methoxy groups -OCH3 is 1. The molecule has 3 aromatic heterocycles. The Bertz CT molecular complexity index is 812. The van der Waals surface area contributed by atoms with Crippen LogP contribution in [0.1, 0.15) is 10.4 Å². The molecule has 22 heavy (non-hydrogen) atoms. The normalized spacial score (nSPS) is 10.5. The molecule has 0 N–H and O–H groups in total. The third kappa shape index (κ3) is 2.46. The topological polar surface area (TPSA) is 69.9 Å². The van der Waals surface area contributed by atoms with E-state index in [1.54, 1.807) is 30.7 Å². The molecule has 0 radical (unpaired) electrons. The van der Waals surface area contributed by atoms with Gasteiger partial charge >= 0.3 is 5.97 Å². The Morgan fingerprint density at radius 3 is 2.64 bits per heavy atom. The van der Waals surface area contributed by atoms with Crippen molar-refractivity contribution >= 4 is 5.97 Å². The van der Waals surface area contributed by atoms with E-state index >= 15 is 0 Å². The highest BCUT2D eigenvalue weighted by Gasteiger charge is 2.14. The Labute approximate surface area is 127 Å². The molecule has 0 saturated carbocycles. The average molecular weight is 294 g/mol. The second kappa shape index (κ2) is 5.77. The van der Waals surface area contributed by atoms with Gasteiger partial charge in [0.25, 0.3) is 0 Å². The number of imidazole rings is 1. The summed E-state index contributed by atoms with van der Waals surface area (Å²) in [6.45, 7) is 0. The third-order valence-electron chi connectivity index (χ3n) is 3.33. The zero-order valence-corrected chi connectivity index (χ0v) is 12.2. The largest absolute Gasteiger partial charge is 0.465 e. The van der Waals surface area contributed by atoms with E-state index in [0.29, 0.717) is 17.1 Å². The minimum atomic E-state index is -0.400. The lowest BCUT2D eigenvalue weighted by atomic mass is 10.2. The molecule has 6 heteroatoms. The van der Waals surface area contributed by atoms with E-state index in [0.717, 1.165) is 11.4 Å². The molecule has 110 valence electrons. The van der Waals surface area contributed by atoms with Crippen LogP contribution in [-0.2, 0) is 11.8 Å². The molecule has 3 heterocycles. The molecule has 0 aliphatic heterocycles. The predicted molar refractivity (Wildman–Crippen MR) is 81.0 cm³/mol. The van der Waals surface area contributed by atoms with Gasteiger partial charge in [0.1, 0.15) is 5.69 Å². The van der Waals surface area contributed by atoms with Crippen LogP contribution < -0.4 is 0 Å². The molecule has 3 aromatic rings. The van der Waals surface area contributed by atoms with Gasteiger partial charge in [0.05, 0.1) is 30.3 Å². The predicted octanol–water partition coefficient (Wildman–Crippen LogP) is 2.33. The monoisotopic (exact) mass is 294 g/mol. The Kier molecular flexibility index (Phi) is 3.65. The lowest BCUT2D eigenvalue weighted by Gasteiger charge is -2.06. The first kappa shape index (κ1) is 13.9.